The van der Waals surface area contributed by atoms with Crippen LogP contribution >= 0.6 is 7.67 Å². The van der Waals surface area contributed by atoms with E-state index in [9.17, 15) is 19.5 Å². The van der Waals surface area contributed by atoms with Crippen LogP contribution in [0.3, 0.4) is 0 Å². The van der Waals surface area contributed by atoms with Gasteiger partial charge in [0.15, 0.2) is 0 Å². The molecule has 2 fully saturated rings. The fourth-order valence-corrected chi connectivity index (χ4v) is 7.05. The highest BCUT2D eigenvalue weighted by molar-refractivity contribution is 7.54. The second kappa shape index (κ2) is 7.36. The lowest BCUT2D eigenvalue weighted by atomic mass is 10.1. The Bertz CT molecular complexity index is 1230. The molecule has 2 saturated heterocycles. The number of carbonyl (C=O) groups is 1. The van der Waals surface area contributed by atoms with E-state index in [4.69, 9.17) is 9.26 Å². The third-order valence-corrected chi connectivity index (χ3v) is 9.34. The van der Waals surface area contributed by atoms with Crippen LogP contribution in [0.2, 0.25) is 0 Å². The first-order valence-electron chi connectivity index (χ1n) is 11.0. The molecule has 0 bridgehead atoms. The van der Waals surface area contributed by atoms with Gasteiger partial charge in [-0.2, -0.15) is 0 Å². The zero-order chi connectivity index (χ0) is 22.9. The van der Waals surface area contributed by atoms with Crippen LogP contribution in [-0.2, 0) is 22.1 Å². The van der Waals surface area contributed by atoms with E-state index in [-0.39, 0.29) is 17.3 Å². The van der Waals surface area contributed by atoms with Crippen LogP contribution in [-0.4, -0.2) is 58.3 Å². The minimum absolute atomic E-state index is 0.0506. The number of benzene rings is 2. The monoisotopic (exact) mass is 470 g/mol. The second-order valence-corrected chi connectivity index (χ2v) is 11.2. The number of hydrogen-bond donors (Lipinski definition) is 0. The minimum atomic E-state index is -3.02. The normalized spacial score (nSPS) is 21.8. The van der Waals surface area contributed by atoms with Gasteiger partial charge in [0.05, 0.1) is 11.0 Å². The summed E-state index contributed by atoms with van der Waals surface area (Å²) in [6.07, 6.45) is 0.715. The number of carbonyl (C=O) groups excluding carboxylic acids is 1. The van der Waals surface area contributed by atoms with Gasteiger partial charge in [-0.1, -0.05) is 0 Å². The van der Waals surface area contributed by atoms with E-state index in [0.717, 1.165) is 37.3 Å². The molecule has 1 aliphatic carbocycles. The molecule has 10 nitrogen and oxygen atoms in total. The highest BCUT2D eigenvalue weighted by Gasteiger charge is 2.51. The summed E-state index contributed by atoms with van der Waals surface area (Å²) in [6.45, 7) is 3.52. The third kappa shape index (κ3) is 3.45. The molecule has 0 radical (unpaired) electrons. The van der Waals surface area contributed by atoms with Crippen molar-refractivity contribution in [1.29, 1.82) is 0 Å². The SMILES string of the molecule is CN1Cc2cc(Oc3c([N+](=O)[O-])ccc4c3CCC4OP(=O)(N3CC3)N3CC3)ccc2C1=O. The first-order chi connectivity index (χ1) is 15.8. The van der Waals surface area contributed by atoms with E-state index in [1.54, 1.807) is 36.2 Å². The molecule has 0 aromatic heterocycles. The summed E-state index contributed by atoms with van der Waals surface area (Å²) in [5.41, 5.74) is 2.83. The molecule has 33 heavy (non-hydrogen) atoms. The fraction of sp³-hybridized carbons (Fsp3) is 0.409. The van der Waals surface area contributed by atoms with Gasteiger partial charge in [0, 0.05) is 57.0 Å². The molecule has 2 aromatic rings. The van der Waals surface area contributed by atoms with Crippen molar-refractivity contribution in [3.8, 4) is 11.5 Å². The van der Waals surface area contributed by atoms with E-state index < -0.39 is 18.7 Å². The van der Waals surface area contributed by atoms with Crippen LogP contribution in [0.4, 0.5) is 5.69 Å². The van der Waals surface area contributed by atoms with Crippen molar-refractivity contribution in [3.63, 3.8) is 0 Å². The molecule has 172 valence electrons. The van der Waals surface area contributed by atoms with Gasteiger partial charge < -0.3 is 9.64 Å². The summed E-state index contributed by atoms with van der Waals surface area (Å²) >= 11 is 0. The zero-order valence-electron chi connectivity index (χ0n) is 18.1. The largest absolute Gasteiger partial charge is 0.450 e. The Morgan fingerprint density at radius 1 is 1.12 bits per heavy atom. The molecule has 6 rings (SSSR count). The van der Waals surface area contributed by atoms with Crippen LogP contribution < -0.4 is 4.74 Å². The average molecular weight is 470 g/mol. The van der Waals surface area contributed by atoms with E-state index in [1.807, 2.05) is 9.34 Å². The Morgan fingerprint density at radius 3 is 2.52 bits per heavy atom. The molecule has 0 N–H and O–H groups in total. The zero-order valence-corrected chi connectivity index (χ0v) is 19.0. The Labute approximate surface area is 190 Å². The van der Waals surface area contributed by atoms with Gasteiger partial charge in [-0.3, -0.25) is 24.0 Å². The van der Waals surface area contributed by atoms with Gasteiger partial charge in [0.1, 0.15) is 5.75 Å². The molecule has 3 heterocycles. The van der Waals surface area contributed by atoms with Crippen molar-refractivity contribution in [1.82, 2.24) is 14.2 Å². The number of ether oxygens (including phenoxy) is 1. The Kier molecular flexibility index (Phi) is 4.64. The number of fused-ring (bicyclic) bond motifs is 2. The molecular weight excluding hydrogens is 447 g/mol. The highest BCUT2D eigenvalue weighted by Crippen LogP contribution is 2.64. The maximum atomic E-state index is 13.5. The van der Waals surface area contributed by atoms with Gasteiger partial charge >= 0.3 is 13.4 Å². The number of nitro groups is 1. The Morgan fingerprint density at radius 2 is 1.85 bits per heavy atom. The van der Waals surface area contributed by atoms with Crippen molar-refractivity contribution in [3.05, 3.63) is 62.7 Å². The molecule has 0 saturated carbocycles. The van der Waals surface area contributed by atoms with Crippen LogP contribution in [0.1, 0.15) is 39.6 Å². The van der Waals surface area contributed by atoms with E-state index in [2.05, 4.69) is 0 Å². The van der Waals surface area contributed by atoms with Crippen molar-refractivity contribution in [2.75, 3.05) is 33.2 Å². The molecule has 1 atom stereocenters. The number of hydrogen-bond acceptors (Lipinski definition) is 6. The maximum Gasteiger partial charge on any atom is 0.346 e. The molecule has 0 spiro atoms. The van der Waals surface area contributed by atoms with Crippen molar-refractivity contribution in [2.45, 2.75) is 25.5 Å². The number of nitrogens with zero attached hydrogens (tertiary/aromatic N) is 4. The van der Waals surface area contributed by atoms with Gasteiger partial charge in [-0.15, -0.1) is 0 Å². The maximum absolute atomic E-state index is 13.5. The number of rotatable bonds is 7. The van der Waals surface area contributed by atoms with E-state index in [0.29, 0.717) is 36.3 Å². The first-order valence-corrected chi connectivity index (χ1v) is 12.5. The van der Waals surface area contributed by atoms with Gasteiger partial charge in [0.2, 0.25) is 5.75 Å². The van der Waals surface area contributed by atoms with Crippen molar-refractivity contribution < 1.29 is 23.5 Å². The first kappa shape index (κ1) is 20.8. The predicted molar refractivity (Wildman–Crippen MR) is 118 cm³/mol. The highest BCUT2D eigenvalue weighted by atomic mass is 31.2. The average Bonchev–Trinajstić information content (AvgIpc) is 3.70. The number of nitro benzene ring substituents is 1. The van der Waals surface area contributed by atoms with Gasteiger partial charge in [-0.25, -0.2) is 9.34 Å². The Hall–Kier alpha value is -2.78. The number of amides is 1. The van der Waals surface area contributed by atoms with Crippen molar-refractivity contribution in [2.24, 2.45) is 0 Å². The quantitative estimate of drug-likeness (QED) is 0.261. The third-order valence-electron chi connectivity index (χ3n) is 6.58. The summed E-state index contributed by atoms with van der Waals surface area (Å²) in [5, 5.41) is 11.8. The van der Waals surface area contributed by atoms with Crippen LogP contribution in [0.25, 0.3) is 0 Å². The van der Waals surface area contributed by atoms with E-state index >= 15 is 0 Å². The molecular formula is C22H23N4O6P. The van der Waals surface area contributed by atoms with Crippen LogP contribution in [0, 0.1) is 10.1 Å². The summed E-state index contributed by atoms with van der Waals surface area (Å²) in [6, 6.07) is 8.25. The summed E-state index contributed by atoms with van der Waals surface area (Å²) in [4.78, 5) is 25.1. The summed E-state index contributed by atoms with van der Waals surface area (Å²) < 4.78 is 29.5. The second-order valence-electron chi connectivity index (χ2n) is 8.85. The topological polar surface area (TPSA) is 105 Å². The molecule has 2 aromatic carbocycles. The molecule has 3 aliphatic heterocycles. The van der Waals surface area contributed by atoms with Gasteiger partial charge in [0.25, 0.3) is 5.91 Å². The van der Waals surface area contributed by atoms with Gasteiger partial charge in [-0.05, 0) is 48.2 Å². The molecule has 4 aliphatic rings. The Balaban J connectivity index is 1.33. The summed E-state index contributed by atoms with van der Waals surface area (Å²) in [5.74, 6) is 0.580. The predicted octanol–water partition coefficient (Wildman–Crippen LogP) is 3.72. The molecule has 11 heteroatoms. The molecule has 1 unspecified atom stereocenters. The van der Waals surface area contributed by atoms with Crippen LogP contribution in [0.15, 0.2) is 30.3 Å². The smallest absolute Gasteiger partial charge is 0.346 e. The van der Waals surface area contributed by atoms with Crippen LogP contribution in [0.5, 0.6) is 11.5 Å². The summed E-state index contributed by atoms with van der Waals surface area (Å²) in [7, 11) is -1.29. The lowest BCUT2D eigenvalue weighted by Gasteiger charge is -2.24. The lowest BCUT2D eigenvalue weighted by molar-refractivity contribution is -0.385. The van der Waals surface area contributed by atoms with Crippen molar-refractivity contribution >= 4 is 19.3 Å². The minimum Gasteiger partial charge on any atom is -0.450 e. The fourth-order valence-electron chi connectivity index (χ4n) is 4.68. The van der Waals surface area contributed by atoms with E-state index in [1.165, 1.54) is 6.07 Å². The molecule has 1 amide bonds. The standard InChI is InChI=1S/C22H23N4O6P/c1-23-13-14-12-15(2-3-16(14)22(23)27)31-21-18-5-7-20(17(18)4-6-19(21)26(28)29)32-33(30,24-8-9-24)25-10-11-25/h2-4,6,12,20H,5,7-11,13H2,1H3. The lowest BCUT2D eigenvalue weighted by Crippen LogP contribution is -2.17.